The number of ether oxygens (including phenoxy) is 1. The van der Waals surface area contributed by atoms with Crippen molar-refractivity contribution in [3.63, 3.8) is 0 Å². The topological polar surface area (TPSA) is 112 Å². The molecule has 126 valence electrons. The van der Waals surface area contributed by atoms with Gasteiger partial charge in [-0.3, -0.25) is 0 Å². The van der Waals surface area contributed by atoms with Crippen LogP contribution in [0, 0.1) is 0 Å². The summed E-state index contributed by atoms with van der Waals surface area (Å²) in [5, 5.41) is 0. The number of hydrogen-bond donors (Lipinski definition) is 1. The van der Waals surface area contributed by atoms with E-state index in [0.29, 0.717) is 5.76 Å². The van der Waals surface area contributed by atoms with Crippen LogP contribution in [0.4, 0.5) is 0 Å². The fourth-order valence-corrected chi connectivity index (χ4v) is 3.18. The lowest BCUT2D eigenvalue weighted by atomic mass is 10.3. The minimum absolute atomic E-state index is 0.0381. The Hall–Kier alpha value is -2.04. The second-order valence-corrected chi connectivity index (χ2v) is 7.85. The molecule has 0 saturated heterocycles. The minimum Gasteiger partial charge on any atom is -0.493 e. The van der Waals surface area contributed by atoms with Crippen molar-refractivity contribution in [3.8, 4) is 11.5 Å². The lowest BCUT2D eigenvalue weighted by Crippen LogP contribution is -2.23. The van der Waals surface area contributed by atoms with Crippen LogP contribution in [-0.2, 0) is 26.7 Å². The molecular formula is C13H15NO7S2. The monoisotopic (exact) mass is 361 g/mol. The van der Waals surface area contributed by atoms with Crippen molar-refractivity contribution in [2.75, 3.05) is 13.4 Å². The van der Waals surface area contributed by atoms with Gasteiger partial charge in [-0.2, -0.15) is 8.42 Å². The van der Waals surface area contributed by atoms with Crippen LogP contribution >= 0.6 is 0 Å². The number of methoxy groups -OCH3 is 1. The molecule has 23 heavy (non-hydrogen) atoms. The second-order valence-electron chi connectivity index (χ2n) is 4.50. The van der Waals surface area contributed by atoms with E-state index in [4.69, 9.17) is 13.3 Å². The van der Waals surface area contributed by atoms with Crippen LogP contribution < -0.4 is 13.6 Å². The number of hydrogen-bond acceptors (Lipinski definition) is 7. The number of benzene rings is 1. The third-order valence-electron chi connectivity index (χ3n) is 2.70. The van der Waals surface area contributed by atoms with Gasteiger partial charge in [0.2, 0.25) is 10.0 Å². The quantitative estimate of drug-likeness (QED) is 0.735. The zero-order chi connectivity index (χ0) is 17.1. The molecule has 0 aliphatic heterocycles. The fourth-order valence-electron chi connectivity index (χ4n) is 1.72. The van der Waals surface area contributed by atoms with E-state index in [2.05, 4.69) is 4.72 Å². The molecule has 0 aliphatic carbocycles. The van der Waals surface area contributed by atoms with Gasteiger partial charge >= 0.3 is 10.1 Å². The molecule has 1 aromatic heterocycles. The van der Waals surface area contributed by atoms with Crippen LogP contribution in [0.1, 0.15) is 5.76 Å². The van der Waals surface area contributed by atoms with Crippen LogP contribution in [-0.4, -0.2) is 30.2 Å². The molecule has 0 fully saturated rings. The van der Waals surface area contributed by atoms with Gasteiger partial charge in [0.05, 0.1) is 31.1 Å². The Morgan fingerprint density at radius 3 is 2.43 bits per heavy atom. The van der Waals surface area contributed by atoms with Gasteiger partial charge in [0.15, 0.2) is 11.5 Å². The summed E-state index contributed by atoms with van der Waals surface area (Å²) < 4.78 is 64.1. The Morgan fingerprint density at radius 2 is 1.87 bits per heavy atom. The van der Waals surface area contributed by atoms with Crippen molar-refractivity contribution in [1.82, 2.24) is 4.72 Å². The summed E-state index contributed by atoms with van der Waals surface area (Å²) in [6.45, 7) is -0.0381. The Morgan fingerprint density at radius 1 is 1.13 bits per heavy atom. The number of rotatable bonds is 7. The lowest BCUT2D eigenvalue weighted by Gasteiger charge is -2.11. The van der Waals surface area contributed by atoms with Crippen molar-refractivity contribution < 1.29 is 30.2 Å². The average molecular weight is 361 g/mol. The summed E-state index contributed by atoms with van der Waals surface area (Å²) in [6, 6.07) is 6.91. The summed E-state index contributed by atoms with van der Waals surface area (Å²) in [4.78, 5) is -0.163. The summed E-state index contributed by atoms with van der Waals surface area (Å²) in [5.74, 6) is 0.325. The highest BCUT2D eigenvalue weighted by Gasteiger charge is 2.19. The predicted octanol–water partition coefficient (Wildman–Crippen LogP) is 1.11. The van der Waals surface area contributed by atoms with Crippen LogP contribution in [0.15, 0.2) is 45.9 Å². The van der Waals surface area contributed by atoms with Gasteiger partial charge < -0.3 is 13.3 Å². The van der Waals surface area contributed by atoms with Gasteiger partial charge in [-0.15, -0.1) is 0 Å². The number of nitrogens with one attached hydrogen (secondary N) is 1. The molecule has 0 radical (unpaired) electrons. The van der Waals surface area contributed by atoms with Crippen molar-refractivity contribution in [2.24, 2.45) is 0 Å². The van der Waals surface area contributed by atoms with E-state index < -0.39 is 20.1 Å². The van der Waals surface area contributed by atoms with Crippen molar-refractivity contribution in [2.45, 2.75) is 11.4 Å². The first-order chi connectivity index (χ1) is 10.7. The Bertz CT molecular complexity index is 871. The molecule has 1 N–H and O–H groups in total. The number of furan rings is 1. The van der Waals surface area contributed by atoms with Gasteiger partial charge in [0.1, 0.15) is 5.76 Å². The molecule has 0 bridgehead atoms. The molecule has 1 heterocycles. The number of sulfonamides is 1. The SMILES string of the molecule is COc1ccc(S(=O)(=O)NCc2ccco2)cc1OS(C)(=O)=O. The molecule has 0 atom stereocenters. The maximum atomic E-state index is 12.2. The molecule has 2 aromatic rings. The summed E-state index contributed by atoms with van der Waals surface area (Å²) >= 11 is 0. The van der Waals surface area contributed by atoms with Crippen molar-refractivity contribution in [3.05, 3.63) is 42.4 Å². The van der Waals surface area contributed by atoms with Gasteiger partial charge in [-0.05, 0) is 24.3 Å². The van der Waals surface area contributed by atoms with Crippen LogP contribution in [0.25, 0.3) is 0 Å². The first-order valence-corrected chi connectivity index (χ1v) is 9.61. The largest absolute Gasteiger partial charge is 0.493 e. The average Bonchev–Trinajstić information content (AvgIpc) is 2.97. The highest BCUT2D eigenvalue weighted by molar-refractivity contribution is 7.89. The molecular weight excluding hydrogens is 346 g/mol. The highest BCUT2D eigenvalue weighted by atomic mass is 32.2. The molecule has 1 aromatic carbocycles. The predicted molar refractivity (Wildman–Crippen MR) is 81.2 cm³/mol. The van der Waals surface area contributed by atoms with E-state index in [0.717, 1.165) is 12.3 Å². The van der Waals surface area contributed by atoms with Crippen LogP contribution in [0.5, 0.6) is 11.5 Å². The van der Waals surface area contributed by atoms with E-state index in [-0.39, 0.29) is 22.9 Å². The normalized spacial score (nSPS) is 12.1. The smallest absolute Gasteiger partial charge is 0.306 e. The van der Waals surface area contributed by atoms with Crippen molar-refractivity contribution >= 4 is 20.1 Å². The standard InChI is InChI=1S/C13H15NO7S2/c1-19-12-6-5-11(8-13(12)21-22(2,15)16)23(17,18)14-9-10-4-3-7-20-10/h3-8,14H,9H2,1-2H3. The minimum atomic E-state index is -3.88. The van der Waals surface area contributed by atoms with Gasteiger partial charge in [0.25, 0.3) is 0 Å². The summed E-state index contributed by atoms with van der Waals surface area (Å²) in [5.41, 5.74) is 0. The Kier molecular flexibility index (Phi) is 4.97. The molecule has 0 saturated carbocycles. The Balaban J connectivity index is 2.29. The molecule has 0 spiro atoms. The zero-order valence-corrected chi connectivity index (χ0v) is 14.0. The fraction of sp³-hybridized carbons (Fsp3) is 0.231. The van der Waals surface area contributed by atoms with Gasteiger partial charge in [-0.1, -0.05) is 0 Å². The van der Waals surface area contributed by atoms with Crippen LogP contribution in [0.3, 0.4) is 0 Å². The summed E-state index contributed by atoms with van der Waals surface area (Å²) in [7, 11) is -6.40. The van der Waals surface area contributed by atoms with E-state index >= 15 is 0 Å². The van der Waals surface area contributed by atoms with Crippen LogP contribution in [0.2, 0.25) is 0 Å². The molecule has 0 amide bonds. The molecule has 8 nitrogen and oxygen atoms in total. The Labute approximate surface area is 134 Å². The molecule has 2 rings (SSSR count). The van der Waals surface area contributed by atoms with Crippen molar-refractivity contribution in [1.29, 1.82) is 0 Å². The van der Waals surface area contributed by atoms with E-state index in [1.54, 1.807) is 12.1 Å². The van der Waals surface area contributed by atoms with Gasteiger partial charge in [-0.25, -0.2) is 13.1 Å². The first-order valence-electron chi connectivity index (χ1n) is 6.31. The van der Waals surface area contributed by atoms with E-state index in [1.807, 2.05) is 0 Å². The van der Waals surface area contributed by atoms with Gasteiger partial charge in [0, 0.05) is 6.07 Å². The molecule has 10 heteroatoms. The molecule has 0 aliphatic rings. The lowest BCUT2D eigenvalue weighted by molar-refractivity contribution is 0.390. The third-order valence-corrected chi connectivity index (χ3v) is 4.58. The maximum Gasteiger partial charge on any atom is 0.306 e. The highest BCUT2D eigenvalue weighted by Crippen LogP contribution is 2.30. The molecule has 0 unspecified atom stereocenters. The van der Waals surface area contributed by atoms with E-state index in [1.165, 1.54) is 25.5 Å². The first kappa shape index (κ1) is 17.3. The third kappa shape index (κ3) is 4.71. The maximum absolute atomic E-state index is 12.2. The second kappa shape index (κ2) is 6.60. The van der Waals surface area contributed by atoms with E-state index in [9.17, 15) is 16.8 Å². The summed E-state index contributed by atoms with van der Waals surface area (Å²) in [6.07, 6.45) is 2.28. The zero-order valence-electron chi connectivity index (χ0n) is 12.3.